The van der Waals surface area contributed by atoms with E-state index in [1.165, 1.54) is 0 Å². The molecule has 2 aromatic carbocycles. The summed E-state index contributed by atoms with van der Waals surface area (Å²) in [6, 6.07) is 14.7. The standard InChI is InChI=1S/C20H25N3O3/c1-4-14-5-9-16(10-6-14)22-20(26)19(25)21-13-18(24)15-7-11-17(12-8-15)23(2)3/h5-12,18,24H,4,13H2,1-3H3,(H,21,25)(H,22,26). The molecule has 26 heavy (non-hydrogen) atoms. The summed E-state index contributed by atoms with van der Waals surface area (Å²) in [6.45, 7) is 2.00. The maximum Gasteiger partial charge on any atom is 0.313 e. The van der Waals surface area contributed by atoms with Crippen molar-refractivity contribution >= 4 is 23.2 Å². The number of anilines is 2. The van der Waals surface area contributed by atoms with Crippen molar-refractivity contribution in [1.82, 2.24) is 5.32 Å². The van der Waals surface area contributed by atoms with Crippen molar-refractivity contribution in [2.45, 2.75) is 19.4 Å². The highest BCUT2D eigenvalue weighted by atomic mass is 16.3. The van der Waals surface area contributed by atoms with Gasteiger partial charge in [0.2, 0.25) is 0 Å². The van der Waals surface area contributed by atoms with Crippen LogP contribution in [0.3, 0.4) is 0 Å². The van der Waals surface area contributed by atoms with Gasteiger partial charge in [0.1, 0.15) is 0 Å². The summed E-state index contributed by atoms with van der Waals surface area (Å²) in [5.41, 5.74) is 3.39. The number of carbonyl (C=O) groups excluding carboxylic acids is 2. The molecule has 2 aromatic rings. The molecule has 3 N–H and O–H groups in total. The number of amides is 2. The van der Waals surface area contributed by atoms with E-state index in [9.17, 15) is 14.7 Å². The summed E-state index contributed by atoms with van der Waals surface area (Å²) < 4.78 is 0. The van der Waals surface area contributed by atoms with Crippen molar-refractivity contribution in [3.8, 4) is 0 Å². The van der Waals surface area contributed by atoms with Crippen LogP contribution in [0.25, 0.3) is 0 Å². The van der Waals surface area contributed by atoms with Crippen molar-refractivity contribution in [3.05, 3.63) is 59.7 Å². The number of aliphatic hydroxyl groups is 1. The lowest BCUT2D eigenvalue weighted by Crippen LogP contribution is -2.37. The first-order valence-electron chi connectivity index (χ1n) is 8.54. The fourth-order valence-electron chi connectivity index (χ4n) is 2.39. The minimum Gasteiger partial charge on any atom is -0.387 e. The Labute approximate surface area is 153 Å². The van der Waals surface area contributed by atoms with Gasteiger partial charge in [0.05, 0.1) is 6.10 Å². The van der Waals surface area contributed by atoms with E-state index in [0.717, 1.165) is 17.7 Å². The van der Waals surface area contributed by atoms with Crippen LogP contribution in [-0.4, -0.2) is 37.6 Å². The van der Waals surface area contributed by atoms with Crippen LogP contribution < -0.4 is 15.5 Å². The van der Waals surface area contributed by atoms with E-state index in [1.807, 2.05) is 50.2 Å². The number of hydrogen-bond acceptors (Lipinski definition) is 4. The molecule has 138 valence electrons. The molecular weight excluding hydrogens is 330 g/mol. The number of benzene rings is 2. The number of hydrogen-bond donors (Lipinski definition) is 3. The van der Waals surface area contributed by atoms with Gasteiger partial charge in [-0.05, 0) is 41.8 Å². The molecule has 0 aromatic heterocycles. The monoisotopic (exact) mass is 355 g/mol. The third-order valence-electron chi connectivity index (χ3n) is 4.08. The fraction of sp³-hybridized carbons (Fsp3) is 0.300. The maximum absolute atomic E-state index is 11.9. The van der Waals surface area contributed by atoms with Crippen LogP contribution in [-0.2, 0) is 16.0 Å². The Morgan fingerprint density at radius 1 is 1.00 bits per heavy atom. The Kier molecular flexibility index (Phi) is 6.74. The van der Waals surface area contributed by atoms with Crippen molar-refractivity contribution in [1.29, 1.82) is 0 Å². The lowest BCUT2D eigenvalue weighted by Gasteiger charge is -2.15. The molecule has 0 bridgehead atoms. The van der Waals surface area contributed by atoms with Crippen molar-refractivity contribution < 1.29 is 14.7 Å². The van der Waals surface area contributed by atoms with Crippen LogP contribution >= 0.6 is 0 Å². The Bertz CT molecular complexity index is 740. The van der Waals surface area contributed by atoms with E-state index >= 15 is 0 Å². The van der Waals surface area contributed by atoms with Crippen LogP contribution in [0.2, 0.25) is 0 Å². The largest absolute Gasteiger partial charge is 0.387 e. The molecule has 0 aliphatic rings. The fourth-order valence-corrected chi connectivity index (χ4v) is 2.39. The van der Waals surface area contributed by atoms with Crippen LogP contribution in [0.1, 0.15) is 24.2 Å². The lowest BCUT2D eigenvalue weighted by atomic mass is 10.1. The molecular formula is C20H25N3O3. The molecule has 0 radical (unpaired) electrons. The Morgan fingerprint density at radius 3 is 2.15 bits per heavy atom. The van der Waals surface area contributed by atoms with Crippen molar-refractivity contribution in [2.24, 2.45) is 0 Å². The SMILES string of the molecule is CCc1ccc(NC(=O)C(=O)NCC(O)c2ccc(N(C)C)cc2)cc1. The number of carbonyl (C=O) groups is 2. The van der Waals surface area contributed by atoms with Gasteiger partial charge in [-0.1, -0.05) is 31.2 Å². The second kappa shape index (κ2) is 9.01. The van der Waals surface area contributed by atoms with Gasteiger partial charge in [-0.15, -0.1) is 0 Å². The van der Waals surface area contributed by atoms with Gasteiger partial charge >= 0.3 is 11.8 Å². The third kappa shape index (κ3) is 5.32. The second-order valence-corrected chi connectivity index (χ2v) is 6.22. The molecule has 2 amide bonds. The summed E-state index contributed by atoms with van der Waals surface area (Å²) in [5, 5.41) is 15.2. The zero-order chi connectivity index (χ0) is 19.1. The minimum atomic E-state index is -0.883. The average Bonchev–Trinajstić information content (AvgIpc) is 2.66. The first kappa shape index (κ1) is 19.5. The number of rotatable bonds is 6. The number of aryl methyl sites for hydroxylation is 1. The molecule has 0 aliphatic heterocycles. The summed E-state index contributed by atoms with van der Waals surface area (Å²) in [4.78, 5) is 25.8. The van der Waals surface area contributed by atoms with Gasteiger partial charge in [-0.25, -0.2) is 0 Å². The van der Waals surface area contributed by atoms with Crippen LogP contribution in [0.15, 0.2) is 48.5 Å². The average molecular weight is 355 g/mol. The predicted octanol–water partition coefficient (Wildman–Crippen LogP) is 2.10. The lowest BCUT2D eigenvalue weighted by molar-refractivity contribution is -0.136. The normalized spacial score (nSPS) is 11.5. The number of nitrogens with zero attached hydrogens (tertiary/aromatic N) is 1. The third-order valence-corrected chi connectivity index (χ3v) is 4.08. The van der Waals surface area contributed by atoms with Gasteiger partial charge in [0.15, 0.2) is 0 Å². The summed E-state index contributed by atoms with van der Waals surface area (Å²) in [5.74, 6) is -1.54. The minimum absolute atomic E-state index is 0.0393. The second-order valence-electron chi connectivity index (χ2n) is 6.22. The highest BCUT2D eigenvalue weighted by Crippen LogP contribution is 2.17. The Hall–Kier alpha value is -2.86. The first-order valence-corrected chi connectivity index (χ1v) is 8.54. The van der Waals surface area contributed by atoms with E-state index in [-0.39, 0.29) is 6.54 Å². The highest BCUT2D eigenvalue weighted by molar-refractivity contribution is 6.39. The number of aliphatic hydroxyl groups excluding tert-OH is 1. The van der Waals surface area contributed by atoms with Crippen molar-refractivity contribution in [3.63, 3.8) is 0 Å². The van der Waals surface area contributed by atoms with Gasteiger partial charge in [0.25, 0.3) is 0 Å². The van der Waals surface area contributed by atoms with Crippen LogP contribution in [0.4, 0.5) is 11.4 Å². The molecule has 6 heteroatoms. The van der Waals surface area contributed by atoms with E-state index in [2.05, 4.69) is 10.6 Å². The summed E-state index contributed by atoms with van der Waals surface area (Å²) in [6.07, 6.45) is 0.0223. The van der Waals surface area contributed by atoms with Gasteiger partial charge in [-0.3, -0.25) is 9.59 Å². The van der Waals surface area contributed by atoms with Gasteiger partial charge < -0.3 is 20.6 Å². The first-order chi connectivity index (χ1) is 12.4. The quantitative estimate of drug-likeness (QED) is 0.693. The van der Waals surface area contributed by atoms with Crippen LogP contribution in [0, 0.1) is 0 Å². The van der Waals surface area contributed by atoms with E-state index in [1.54, 1.807) is 24.3 Å². The zero-order valence-electron chi connectivity index (χ0n) is 15.3. The number of nitrogens with one attached hydrogen (secondary N) is 2. The molecule has 0 saturated heterocycles. The highest BCUT2D eigenvalue weighted by Gasteiger charge is 2.16. The topological polar surface area (TPSA) is 81.7 Å². The van der Waals surface area contributed by atoms with Gasteiger partial charge in [0, 0.05) is 32.0 Å². The van der Waals surface area contributed by atoms with Gasteiger partial charge in [-0.2, -0.15) is 0 Å². The summed E-state index contributed by atoms with van der Waals surface area (Å²) >= 11 is 0. The Morgan fingerprint density at radius 2 is 1.62 bits per heavy atom. The molecule has 2 rings (SSSR count). The van der Waals surface area contributed by atoms with Crippen molar-refractivity contribution in [2.75, 3.05) is 30.9 Å². The smallest absolute Gasteiger partial charge is 0.313 e. The summed E-state index contributed by atoms with van der Waals surface area (Å²) in [7, 11) is 3.86. The molecule has 0 spiro atoms. The van der Waals surface area contributed by atoms with Crippen LogP contribution in [0.5, 0.6) is 0 Å². The molecule has 0 aliphatic carbocycles. The van der Waals surface area contributed by atoms with E-state index in [4.69, 9.17) is 0 Å². The van der Waals surface area contributed by atoms with E-state index < -0.39 is 17.9 Å². The maximum atomic E-state index is 11.9. The zero-order valence-corrected chi connectivity index (χ0v) is 15.3. The Balaban J connectivity index is 1.85. The molecule has 0 fully saturated rings. The molecule has 0 saturated carbocycles. The van der Waals surface area contributed by atoms with E-state index in [0.29, 0.717) is 11.3 Å². The molecule has 1 atom stereocenters. The molecule has 1 unspecified atom stereocenters. The predicted molar refractivity (Wildman–Crippen MR) is 103 cm³/mol. The molecule has 6 nitrogen and oxygen atoms in total. The molecule has 0 heterocycles.